The van der Waals surface area contributed by atoms with Gasteiger partial charge in [0.05, 0.1) is 12.4 Å². The fourth-order valence-electron chi connectivity index (χ4n) is 1.54. The summed E-state index contributed by atoms with van der Waals surface area (Å²) >= 11 is 0. The number of hydrogen-bond donors (Lipinski definition) is 2. The van der Waals surface area contributed by atoms with Crippen LogP contribution in [0.15, 0.2) is 0 Å². The highest BCUT2D eigenvalue weighted by molar-refractivity contribution is 7.89. The van der Waals surface area contributed by atoms with Gasteiger partial charge in [-0.1, -0.05) is 6.92 Å². The van der Waals surface area contributed by atoms with Gasteiger partial charge in [-0.25, -0.2) is 8.42 Å². The average Bonchev–Trinajstić information content (AvgIpc) is 2.26. The van der Waals surface area contributed by atoms with E-state index in [9.17, 15) is 13.2 Å². The predicted octanol–water partition coefficient (Wildman–Crippen LogP) is -1.29. The van der Waals surface area contributed by atoms with Gasteiger partial charge >= 0.3 is 5.97 Å². The molecule has 0 aromatic carbocycles. The molecular formula is C7H13NO5S. The summed E-state index contributed by atoms with van der Waals surface area (Å²) in [6.45, 7) is 1.20. The van der Waals surface area contributed by atoms with E-state index in [2.05, 4.69) is 0 Å². The molecule has 1 aliphatic heterocycles. The topological polar surface area (TPSA) is 94.9 Å². The largest absolute Gasteiger partial charge is 0.480 e. The molecule has 82 valence electrons. The first-order valence-electron chi connectivity index (χ1n) is 4.21. The van der Waals surface area contributed by atoms with Gasteiger partial charge in [0.15, 0.2) is 0 Å². The Balaban J connectivity index is 2.92. The molecule has 1 heterocycles. The van der Waals surface area contributed by atoms with E-state index in [0.29, 0.717) is 0 Å². The highest BCUT2D eigenvalue weighted by Gasteiger charge is 2.41. The number of sulfonamides is 1. The molecule has 1 saturated heterocycles. The lowest BCUT2D eigenvalue weighted by Gasteiger charge is -2.20. The van der Waals surface area contributed by atoms with Crippen molar-refractivity contribution in [3.05, 3.63) is 0 Å². The number of carboxylic acids is 1. The number of carbonyl (C=O) groups is 1. The van der Waals surface area contributed by atoms with Crippen LogP contribution in [0.1, 0.15) is 6.92 Å². The minimum atomic E-state index is -3.50. The van der Waals surface area contributed by atoms with E-state index < -0.39 is 28.6 Å². The molecule has 7 heteroatoms. The Morgan fingerprint density at radius 2 is 2.21 bits per heavy atom. The molecule has 0 aromatic rings. The zero-order chi connectivity index (χ0) is 10.9. The second-order valence-electron chi connectivity index (χ2n) is 3.49. The van der Waals surface area contributed by atoms with Gasteiger partial charge in [0.25, 0.3) is 0 Å². The summed E-state index contributed by atoms with van der Waals surface area (Å²) in [6, 6.07) is -1.34. The van der Waals surface area contributed by atoms with Crippen LogP contribution in [0.25, 0.3) is 0 Å². The molecule has 2 N–H and O–H groups in total. The van der Waals surface area contributed by atoms with E-state index in [1.165, 1.54) is 0 Å². The molecule has 1 rings (SSSR count). The Morgan fingerprint density at radius 3 is 2.50 bits per heavy atom. The molecule has 0 amide bonds. The minimum absolute atomic E-state index is 0.0449. The molecule has 0 saturated carbocycles. The van der Waals surface area contributed by atoms with E-state index in [0.717, 1.165) is 4.31 Å². The number of rotatable bonds is 3. The molecule has 1 aliphatic rings. The third-order valence-corrected chi connectivity index (χ3v) is 4.26. The monoisotopic (exact) mass is 223 g/mol. The average molecular weight is 223 g/mol. The lowest BCUT2D eigenvalue weighted by molar-refractivity contribution is -0.142. The van der Waals surface area contributed by atoms with Crippen molar-refractivity contribution < 1.29 is 23.4 Å². The quantitative estimate of drug-likeness (QED) is 0.621. The molecule has 2 unspecified atom stereocenters. The van der Waals surface area contributed by atoms with Crippen molar-refractivity contribution in [2.45, 2.75) is 13.0 Å². The molecule has 0 bridgehead atoms. The van der Waals surface area contributed by atoms with Crippen LogP contribution in [0.3, 0.4) is 0 Å². The van der Waals surface area contributed by atoms with Gasteiger partial charge in [-0.05, 0) is 5.92 Å². The Morgan fingerprint density at radius 1 is 1.64 bits per heavy atom. The van der Waals surface area contributed by atoms with Gasteiger partial charge < -0.3 is 10.2 Å². The molecule has 2 atom stereocenters. The highest BCUT2D eigenvalue weighted by atomic mass is 32.2. The minimum Gasteiger partial charge on any atom is -0.480 e. The molecule has 1 fully saturated rings. The number of aliphatic hydroxyl groups excluding tert-OH is 1. The van der Waals surface area contributed by atoms with E-state index in [-0.39, 0.29) is 18.2 Å². The second-order valence-corrected chi connectivity index (χ2v) is 5.46. The maximum absolute atomic E-state index is 11.4. The summed E-state index contributed by atoms with van der Waals surface area (Å²) in [6.07, 6.45) is 0. The second kappa shape index (κ2) is 3.84. The number of aliphatic carboxylic acids is 1. The number of hydrogen-bond acceptors (Lipinski definition) is 4. The van der Waals surface area contributed by atoms with Crippen LogP contribution in [-0.2, 0) is 14.8 Å². The van der Waals surface area contributed by atoms with E-state index in [1.807, 2.05) is 0 Å². The maximum atomic E-state index is 11.4. The first-order valence-corrected chi connectivity index (χ1v) is 5.82. The van der Waals surface area contributed by atoms with Crippen LogP contribution in [0, 0.1) is 5.92 Å². The van der Waals surface area contributed by atoms with Gasteiger partial charge in [0.2, 0.25) is 10.0 Å². The SMILES string of the molecule is CC1CN(C(CO)C(=O)O)S(=O)(=O)C1. The number of aliphatic hydroxyl groups is 1. The van der Waals surface area contributed by atoms with Crippen molar-refractivity contribution in [3.63, 3.8) is 0 Å². The fourth-order valence-corrected chi connectivity index (χ4v) is 3.58. The van der Waals surface area contributed by atoms with Crippen molar-refractivity contribution in [2.75, 3.05) is 18.9 Å². The third-order valence-electron chi connectivity index (χ3n) is 2.15. The van der Waals surface area contributed by atoms with Crippen LogP contribution in [0.4, 0.5) is 0 Å². The van der Waals surface area contributed by atoms with Gasteiger partial charge in [-0.3, -0.25) is 4.79 Å². The summed E-state index contributed by atoms with van der Waals surface area (Å²) in [5.41, 5.74) is 0. The molecular weight excluding hydrogens is 210 g/mol. The zero-order valence-electron chi connectivity index (χ0n) is 7.75. The summed E-state index contributed by atoms with van der Waals surface area (Å²) in [4.78, 5) is 10.6. The van der Waals surface area contributed by atoms with Crippen molar-refractivity contribution in [1.82, 2.24) is 4.31 Å². The Bertz CT molecular complexity index is 325. The van der Waals surface area contributed by atoms with E-state index in [1.54, 1.807) is 6.92 Å². The summed E-state index contributed by atoms with van der Waals surface area (Å²) < 4.78 is 23.7. The lowest BCUT2D eigenvalue weighted by atomic mass is 10.2. The summed E-state index contributed by atoms with van der Waals surface area (Å²) in [7, 11) is -3.50. The normalized spacial score (nSPS) is 28.9. The molecule has 6 nitrogen and oxygen atoms in total. The van der Waals surface area contributed by atoms with Crippen molar-refractivity contribution >= 4 is 16.0 Å². The molecule has 0 aromatic heterocycles. The molecule has 0 spiro atoms. The predicted molar refractivity (Wildman–Crippen MR) is 48.2 cm³/mol. The van der Waals surface area contributed by atoms with Gasteiger partial charge in [-0.15, -0.1) is 0 Å². The summed E-state index contributed by atoms with van der Waals surface area (Å²) in [5, 5.41) is 17.5. The van der Waals surface area contributed by atoms with Crippen LogP contribution >= 0.6 is 0 Å². The Labute approximate surface area is 82.2 Å². The van der Waals surface area contributed by atoms with Gasteiger partial charge in [-0.2, -0.15) is 4.31 Å². The van der Waals surface area contributed by atoms with Crippen LogP contribution in [0.2, 0.25) is 0 Å². The van der Waals surface area contributed by atoms with E-state index >= 15 is 0 Å². The van der Waals surface area contributed by atoms with Crippen molar-refractivity contribution in [3.8, 4) is 0 Å². The summed E-state index contributed by atoms with van der Waals surface area (Å²) in [5.74, 6) is -1.45. The van der Waals surface area contributed by atoms with Crippen LogP contribution in [0.5, 0.6) is 0 Å². The Hall–Kier alpha value is -0.660. The van der Waals surface area contributed by atoms with Crippen LogP contribution in [-0.4, -0.2) is 53.9 Å². The molecule has 14 heavy (non-hydrogen) atoms. The number of nitrogens with zero attached hydrogens (tertiary/aromatic N) is 1. The van der Waals surface area contributed by atoms with Gasteiger partial charge in [0.1, 0.15) is 6.04 Å². The highest BCUT2D eigenvalue weighted by Crippen LogP contribution is 2.21. The van der Waals surface area contributed by atoms with Gasteiger partial charge in [0, 0.05) is 6.54 Å². The first kappa shape index (κ1) is 11.4. The number of carboxylic acid groups (broad SMARTS) is 1. The molecule has 0 aliphatic carbocycles. The smallest absolute Gasteiger partial charge is 0.324 e. The first-order chi connectivity index (χ1) is 6.38. The van der Waals surface area contributed by atoms with Crippen molar-refractivity contribution in [1.29, 1.82) is 0 Å². The lowest BCUT2D eigenvalue weighted by Crippen LogP contribution is -2.44. The van der Waals surface area contributed by atoms with Crippen molar-refractivity contribution in [2.24, 2.45) is 5.92 Å². The zero-order valence-corrected chi connectivity index (χ0v) is 8.57. The molecule has 0 radical (unpaired) electrons. The standard InChI is InChI=1S/C7H13NO5S/c1-5-2-8(14(12,13)4-5)6(3-9)7(10)11/h5-6,9H,2-4H2,1H3,(H,10,11). The van der Waals surface area contributed by atoms with E-state index in [4.69, 9.17) is 10.2 Å². The fraction of sp³-hybridized carbons (Fsp3) is 0.857. The van der Waals surface area contributed by atoms with Crippen LogP contribution < -0.4 is 0 Å². The maximum Gasteiger partial charge on any atom is 0.324 e. The Kier molecular flexibility index (Phi) is 3.13. The third kappa shape index (κ3) is 2.05.